The Morgan fingerprint density at radius 3 is 2.50 bits per heavy atom. The maximum absolute atomic E-state index is 8.94. The summed E-state index contributed by atoms with van der Waals surface area (Å²) in [5.74, 6) is 1.14. The number of aliphatic hydroxyl groups excluding tert-OH is 1. The lowest BCUT2D eigenvalue weighted by Crippen LogP contribution is -2.15. The van der Waals surface area contributed by atoms with Gasteiger partial charge in [-0.25, -0.2) is 4.98 Å². The fraction of sp³-hybridized carbons (Fsp3) is 0.500. The Morgan fingerprint density at radius 1 is 1.12 bits per heavy atom. The molecule has 4 nitrogen and oxygen atoms in total. The van der Waals surface area contributed by atoms with Crippen LogP contribution in [0.2, 0.25) is 0 Å². The molecular formula is C22H32N2O2. The van der Waals surface area contributed by atoms with Crippen LogP contribution in [0.3, 0.4) is 0 Å². The molecule has 0 saturated carbocycles. The van der Waals surface area contributed by atoms with Gasteiger partial charge in [0.25, 0.3) is 0 Å². The molecule has 0 saturated heterocycles. The molecule has 0 aliphatic carbocycles. The summed E-state index contributed by atoms with van der Waals surface area (Å²) < 4.78 is 5.48. The van der Waals surface area contributed by atoms with Crippen molar-refractivity contribution in [1.82, 2.24) is 9.88 Å². The second-order valence-corrected chi connectivity index (χ2v) is 7.16. The molecule has 4 heteroatoms. The summed E-state index contributed by atoms with van der Waals surface area (Å²) in [6.07, 6.45) is 2.32. The Labute approximate surface area is 157 Å². The molecular weight excluding hydrogens is 324 g/mol. The molecule has 0 spiro atoms. The summed E-state index contributed by atoms with van der Waals surface area (Å²) >= 11 is 0. The smallest absolute Gasteiger partial charge is 0.213 e. The van der Waals surface area contributed by atoms with Gasteiger partial charge in [-0.1, -0.05) is 31.2 Å². The molecule has 0 aliphatic rings. The van der Waals surface area contributed by atoms with E-state index in [4.69, 9.17) is 9.84 Å². The van der Waals surface area contributed by atoms with Crippen molar-refractivity contribution in [3.8, 4) is 17.1 Å². The first-order valence-electron chi connectivity index (χ1n) is 9.43. The lowest BCUT2D eigenvalue weighted by atomic mass is 9.89. The molecule has 1 aromatic carbocycles. The molecule has 0 radical (unpaired) electrons. The van der Waals surface area contributed by atoms with Crippen molar-refractivity contribution in [2.45, 2.75) is 39.5 Å². The number of benzene rings is 1. The third kappa shape index (κ3) is 5.29. The molecule has 2 rings (SSSR count). The van der Waals surface area contributed by atoms with E-state index in [1.807, 2.05) is 12.1 Å². The molecule has 26 heavy (non-hydrogen) atoms. The lowest BCUT2D eigenvalue weighted by Gasteiger charge is -2.20. The largest absolute Gasteiger partial charge is 0.475 e. The molecule has 0 fully saturated rings. The number of pyridine rings is 1. The molecule has 0 aliphatic heterocycles. The van der Waals surface area contributed by atoms with Crippen molar-refractivity contribution in [2.24, 2.45) is 0 Å². The van der Waals surface area contributed by atoms with Crippen molar-refractivity contribution in [2.75, 3.05) is 33.9 Å². The summed E-state index contributed by atoms with van der Waals surface area (Å²) in [6.45, 7) is 7.83. The fourth-order valence-electron chi connectivity index (χ4n) is 3.24. The van der Waals surface area contributed by atoms with E-state index in [0.717, 1.165) is 29.8 Å². The van der Waals surface area contributed by atoms with E-state index in [2.05, 4.69) is 62.9 Å². The van der Waals surface area contributed by atoms with E-state index in [-0.39, 0.29) is 13.2 Å². The normalized spacial score (nSPS) is 12.4. The summed E-state index contributed by atoms with van der Waals surface area (Å²) in [5, 5.41) is 8.94. The minimum atomic E-state index is -0.00995. The van der Waals surface area contributed by atoms with Crippen LogP contribution in [0, 0.1) is 13.8 Å². The highest BCUT2D eigenvalue weighted by molar-refractivity contribution is 5.67. The average Bonchev–Trinajstić information content (AvgIpc) is 2.62. The van der Waals surface area contributed by atoms with E-state index >= 15 is 0 Å². The molecule has 1 N–H and O–H groups in total. The third-order valence-corrected chi connectivity index (χ3v) is 4.81. The van der Waals surface area contributed by atoms with Crippen LogP contribution in [0.5, 0.6) is 5.88 Å². The van der Waals surface area contributed by atoms with Crippen LogP contribution in [0.15, 0.2) is 30.3 Å². The average molecular weight is 357 g/mol. The van der Waals surface area contributed by atoms with Gasteiger partial charge in [0, 0.05) is 11.6 Å². The van der Waals surface area contributed by atoms with E-state index in [1.54, 1.807) is 0 Å². The minimum Gasteiger partial charge on any atom is -0.475 e. The maximum atomic E-state index is 8.94. The topological polar surface area (TPSA) is 45.6 Å². The molecule has 1 heterocycles. The molecule has 1 aromatic heterocycles. The van der Waals surface area contributed by atoms with Crippen molar-refractivity contribution in [1.29, 1.82) is 0 Å². The van der Waals surface area contributed by atoms with Crippen molar-refractivity contribution < 1.29 is 9.84 Å². The first kappa shape index (κ1) is 20.4. The van der Waals surface area contributed by atoms with Crippen LogP contribution in [0.1, 0.15) is 42.4 Å². The number of aromatic nitrogens is 1. The first-order chi connectivity index (χ1) is 12.5. The Kier molecular flexibility index (Phi) is 7.61. The number of rotatable bonds is 9. The summed E-state index contributed by atoms with van der Waals surface area (Å²) in [4.78, 5) is 6.90. The van der Waals surface area contributed by atoms with E-state index < -0.39 is 0 Å². The van der Waals surface area contributed by atoms with Crippen LogP contribution in [-0.2, 0) is 0 Å². The standard InChI is InChI=1S/C22H32N2O2/c1-6-18(11-12-24(4)5)19-8-9-20(17(3)15-19)22-16(2)7-10-21(23-22)26-14-13-25/h7-10,15,18,25H,6,11-14H2,1-5H3. The number of aryl methyl sites for hydroxylation is 2. The molecule has 142 valence electrons. The van der Waals surface area contributed by atoms with Crippen LogP contribution in [0.4, 0.5) is 0 Å². The quantitative estimate of drug-likeness (QED) is 0.732. The van der Waals surface area contributed by atoms with Gasteiger partial charge < -0.3 is 14.7 Å². The lowest BCUT2D eigenvalue weighted by molar-refractivity contribution is 0.197. The number of hydrogen-bond donors (Lipinski definition) is 1. The Balaban J connectivity index is 2.29. The highest BCUT2D eigenvalue weighted by Crippen LogP contribution is 2.31. The molecule has 1 unspecified atom stereocenters. The highest BCUT2D eigenvalue weighted by Gasteiger charge is 2.14. The van der Waals surface area contributed by atoms with Crippen LogP contribution in [-0.4, -0.2) is 48.8 Å². The van der Waals surface area contributed by atoms with Crippen LogP contribution >= 0.6 is 0 Å². The highest BCUT2D eigenvalue weighted by atomic mass is 16.5. The predicted octanol–water partition coefficient (Wildman–Crippen LogP) is 4.18. The predicted molar refractivity (Wildman–Crippen MR) is 108 cm³/mol. The molecule has 0 amide bonds. The minimum absolute atomic E-state index is 0.00995. The molecule has 2 aromatic rings. The SMILES string of the molecule is CCC(CCN(C)C)c1ccc(-c2nc(OCCO)ccc2C)c(C)c1. The van der Waals surface area contributed by atoms with Crippen LogP contribution < -0.4 is 4.74 Å². The van der Waals surface area contributed by atoms with Crippen molar-refractivity contribution in [3.05, 3.63) is 47.0 Å². The van der Waals surface area contributed by atoms with Gasteiger partial charge in [-0.2, -0.15) is 0 Å². The Bertz CT molecular complexity index is 713. The molecule has 1 atom stereocenters. The zero-order valence-corrected chi connectivity index (χ0v) is 16.7. The van der Waals surface area contributed by atoms with Gasteiger partial charge >= 0.3 is 0 Å². The van der Waals surface area contributed by atoms with E-state index in [9.17, 15) is 0 Å². The third-order valence-electron chi connectivity index (χ3n) is 4.81. The number of aliphatic hydroxyl groups is 1. The molecule has 0 bridgehead atoms. The monoisotopic (exact) mass is 356 g/mol. The second-order valence-electron chi connectivity index (χ2n) is 7.16. The number of nitrogens with zero attached hydrogens (tertiary/aromatic N) is 2. The van der Waals surface area contributed by atoms with E-state index in [0.29, 0.717) is 11.8 Å². The second kappa shape index (κ2) is 9.70. The van der Waals surface area contributed by atoms with Crippen LogP contribution in [0.25, 0.3) is 11.3 Å². The summed E-state index contributed by atoms with van der Waals surface area (Å²) in [6, 6.07) is 10.6. The maximum Gasteiger partial charge on any atom is 0.213 e. The number of hydrogen-bond acceptors (Lipinski definition) is 4. The van der Waals surface area contributed by atoms with Gasteiger partial charge in [0.15, 0.2) is 0 Å². The fourth-order valence-corrected chi connectivity index (χ4v) is 3.24. The van der Waals surface area contributed by atoms with Gasteiger partial charge in [-0.3, -0.25) is 0 Å². The zero-order valence-electron chi connectivity index (χ0n) is 16.7. The van der Waals surface area contributed by atoms with Gasteiger partial charge in [-0.05, 0) is 69.9 Å². The van der Waals surface area contributed by atoms with Gasteiger partial charge in [0.1, 0.15) is 6.61 Å². The van der Waals surface area contributed by atoms with Crippen molar-refractivity contribution in [3.63, 3.8) is 0 Å². The first-order valence-corrected chi connectivity index (χ1v) is 9.43. The number of ether oxygens (including phenoxy) is 1. The van der Waals surface area contributed by atoms with Gasteiger partial charge in [0.2, 0.25) is 5.88 Å². The zero-order chi connectivity index (χ0) is 19.1. The van der Waals surface area contributed by atoms with Crippen molar-refractivity contribution >= 4 is 0 Å². The van der Waals surface area contributed by atoms with E-state index in [1.165, 1.54) is 17.5 Å². The summed E-state index contributed by atoms with van der Waals surface area (Å²) in [7, 11) is 4.25. The van der Waals surface area contributed by atoms with Gasteiger partial charge in [0.05, 0.1) is 12.3 Å². The Hall–Kier alpha value is -1.91. The van der Waals surface area contributed by atoms with Gasteiger partial charge in [-0.15, -0.1) is 0 Å². The Morgan fingerprint density at radius 2 is 1.88 bits per heavy atom. The summed E-state index contributed by atoms with van der Waals surface area (Å²) in [5.41, 5.74) is 5.85.